The fraction of sp³-hybridized carbons (Fsp3) is 0. The Morgan fingerprint density at radius 3 is 1.67 bits per heavy atom. The van der Waals surface area contributed by atoms with Crippen LogP contribution in [0.1, 0.15) is 39.8 Å². The molecule has 4 nitrogen and oxygen atoms in total. The number of fused-ring (bicyclic) bond motifs is 6. The zero-order valence-electron chi connectivity index (χ0n) is 54.2. The van der Waals surface area contributed by atoms with E-state index in [4.69, 9.17) is 33.2 Å². The van der Waals surface area contributed by atoms with E-state index in [-0.39, 0.29) is 0 Å². The van der Waals surface area contributed by atoms with Gasteiger partial charge < -0.3 is 4.42 Å². The molecule has 4 heteroatoms. The molecule has 0 saturated heterocycles. The highest BCUT2D eigenvalue weighted by molar-refractivity contribution is 6.19. The molecule has 0 radical (unpaired) electrons. The zero-order valence-corrected chi connectivity index (χ0v) is 25.2. The highest BCUT2D eigenvalue weighted by Gasteiger charge is 2.19. The fourth-order valence-electron chi connectivity index (χ4n) is 5.26. The summed E-state index contributed by atoms with van der Waals surface area (Å²) in [6, 6.07) is -26.5. The van der Waals surface area contributed by atoms with Crippen LogP contribution in [0.25, 0.3) is 99.9 Å². The molecule has 0 amide bonds. The van der Waals surface area contributed by atoms with E-state index in [9.17, 15) is 11.0 Å². The lowest BCUT2D eigenvalue weighted by atomic mass is 9.95. The molecule has 0 atom stereocenters. The van der Waals surface area contributed by atoms with E-state index in [1.165, 1.54) is 0 Å². The number of hydrogen-bond donors (Lipinski definition) is 0. The van der Waals surface area contributed by atoms with Crippen LogP contribution in [0.3, 0.4) is 0 Å². The van der Waals surface area contributed by atoms with Crippen molar-refractivity contribution in [1.29, 1.82) is 0 Å². The van der Waals surface area contributed by atoms with Crippen molar-refractivity contribution in [2.45, 2.75) is 0 Å². The van der Waals surface area contributed by atoms with Gasteiger partial charge in [0.2, 0.25) is 0 Å². The highest BCUT2D eigenvalue weighted by Crippen LogP contribution is 2.41. The fourth-order valence-corrected chi connectivity index (χ4v) is 5.26. The second kappa shape index (κ2) is 11.9. The summed E-state index contributed by atoms with van der Waals surface area (Å²) in [5, 5.41) is -3.54. The van der Waals surface area contributed by atoms with Gasteiger partial charge in [-0.3, -0.25) is 0 Å². The molecular formula is C47H29N3O. The summed E-state index contributed by atoms with van der Waals surface area (Å²) in [7, 11) is 0. The van der Waals surface area contributed by atoms with Crippen molar-refractivity contribution >= 4 is 43.5 Å². The average Bonchev–Trinajstić information content (AvgIpc) is 4.05. The summed E-state index contributed by atoms with van der Waals surface area (Å²) in [5.41, 5.74) is -6.78. The van der Waals surface area contributed by atoms with Gasteiger partial charge in [0.15, 0.2) is 17.5 Å². The maximum atomic E-state index is 9.89. The molecule has 10 aromatic rings. The predicted molar refractivity (Wildman–Crippen MR) is 209 cm³/mol. The average molecular weight is 681 g/mol. The van der Waals surface area contributed by atoms with Crippen molar-refractivity contribution in [2.75, 3.05) is 0 Å². The number of hydrogen-bond acceptors (Lipinski definition) is 4. The Hall–Kier alpha value is -6.91. The van der Waals surface area contributed by atoms with Crippen LogP contribution in [0, 0.1) is 0 Å². The van der Waals surface area contributed by atoms with Crippen molar-refractivity contribution in [1.82, 2.24) is 15.0 Å². The number of benzene rings is 8. The Morgan fingerprint density at radius 2 is 0.882 bits per heavy atom. The summed E-state index contributed by atoms with van der Waals surface area (Å²) in [6.45, 7) is 0. The molecule has 0 bridgehead atoms. The van der Waals surface area contributed by atoms with E-state index in [1.807, 2.05) is 0 Å². The van der Waals surface area contributed by atoms with E-state index in [2.05, 4.69) is 15.0 Å². The van der Waals surface area contributed by atoms with Crippen molar-refractivity contribution in [3.8, 4) is 56.4 Å². The van der Waals surface area contributed by atoms with Gasteiger partial charge >= 0.3 is 0 Å². The van der Waals surface area contributed by atoms with Crippen LogP contribution < -0.4 is 0 Å². The number of furan rings is 1. The molecule has 8 aromatic carbocycles. The molecule has 0 spiro atoms. The van der Waals surface area contributed by atoms with Crippen molar-refractivity contribution in [3.05, 3.63) is 175 Å². The van der Waals surface area contributed by atoms with E-state index in [0.29, 0.717) is 0 Å². The number of rotatable bonds is 5. The first-order chi connectivity index (χ1) is 37.3. The number of nitrogens with zero attached hydrogens (tertiary/aromatic N) is 3. The largest absolute Gasteiger partial charge is 0.455 e. The van der Waals surface area contributed by atoms with Gasteiger partial charge in [0, 0.05) is 32.8 Å². The molecule has 2 aromatic heterocycles. The van der Waals surface area contributed by atoms with Crippen LogP contribution in [-0.2, 0) is 0 Å². The molecule has 0 fully saturated rings. The Labute approximate surface area is 335 Å². The molecule has 238 valence electrons. The minimum absolute atomic E-state index is 0.512. The third-order valence-corrected chi connectivity index (χ3v) is 7.56. The van der Waals surface area contributed by atoms with Gasteiger partial charge in [-0.25, -0.2) is 15.0 Å². The Kier molecular flexibility index (Phi) is 2.83. The first-order valence-corrected chi connectivity index (χ1v) is 14.7. The lowest BCUT2D eigenvalue weighted by Crippen LogP contribution is -2.00. The molecule has 2 heterocycles. The van der Waals surface area contributed by atoms with Crippen LogP contribution in [0.4, 0.5) is 0 Å². The van der Waals surface area contributed by atoms with Gasteiger partial charge in [-0.05, 0) is 62.6 Å². The van der Waals surface area contributed by atoms with Crippen molar-refractivity contribution in [2.24, 2.45) is 0 Å². The normalized spacial score (nSPS) is 19.5. The number of aromatic nitrogens is 3. The summed E-state index contributed by atoms with van der Waals surface area (Å²) in [5.74, 6) is -2.77. The lowest BCUT2D eigenvalue weighted by Gasteiger charge is -2.12. The lowest BCUT2D eigenvalue weighted by molar-refractivity contribution is 0.672. The van der Waals surface area contributed by atoms with E-state index in [1.54, 1.807) is 0 Å². The molecule has 0 saturated carbocycles. The van der Waals surface area contributed by atoms with Gasteiger partial charge in [-0.15, -0.1) is 0 Å². The maximum absolute atomic E-state index is 9.89. The third-order valence-electron chi connectivity index (χ3n) is 7.56. The first kappa shape index (κ1) is 12.1. The van der Waals surface area contributed by atoms with Crippen molar-refractivity contribution in [3.63, 3.8) is 0 Å². The quantitative estimate of drug-likeness (QED) is 0.182. The van der Waals surface area contributed by atoms with Crippen LogP contribution in [-0.4, -0.2) is 15.0 Å². The van der Waals surface area contributed by atoms with Gasteiger partial charge in [0.25, 0.3) is 0 Å². The van der Waals surface area contributed by atoms with E-state index >= 15 is 0 Å². The maximum Gasteiger partial charge on any atom is 0.164 e. The second-order valence-corrected chi connectivity index (χ2v) is 10.6. The Balaban J connectivity index is 1.40. The van der Waals surface area contributed by atoms with Crippen LogP contribution >= 0.6 is 0 Å². The van der Waals surface area contributed by atoms with E-state index < -0.39 is 275 Å². The summed E-state index contributed by atoms with van der Waals surface area (Å²) >= 11 is 0. The van der Waals surface area contributed by atoms with Gasteiger partial charge in [0.05, 0.1) is 39.8 Å². The summed E-state index contributed by atoms with van der Waals surface area (Å²) < 4.78 is 262. The molecule has 0 N–H and O–H groups in total. The van der Waals surface area contributed by atoms with E-state index in [0.717, 1.165) is 0 Å². The molecule has 51 heavy (non-hydrogen) atoms. The van der Waals surface area contributed by atoms with Crippen molar-refractivity contribution < 1.29 is 44.2 Å². The Bertz CT molecular complexity index is 4510. The topological polar surface area (TPSA) is 51.8 Å². The highest BCUT2D eigenvalue weighted by atomic mass is 16.3. The smallest absolute Gasteiger partial charge is 0.164 e. The second-order valence-electron chi connectivity index (χ2n) is 10.6. The standard InChI is InChI=1S/C47H29N3O/c1-3-11-30(12-4-1)37-25-26-38-40(28-37)44-41(39-17-9-10-18-43(39)51-44)29-42(38)47-49-45(33-14-5-2-6-15-33)48-46(50-47)34-22-19-32(20-23-34)36-24-21-31-13-7-8-16-35(31)27-36/h1-29H/i1D,2D,3D,4D,5D,6D,7D,8D,9D,10D,11D,12D,13D,14D,15D,16D,17D,18D,19D,20D,21D,22D,23D,24D,25D,26D,27D,28D,29D. The van der Waals surface area contributed by atoms with Gasteiger partial charge in [0.1, 0.15) is 11.2 Å². The molecule has 0 aliphatic rings. The van der Waals surface area contributed by atoms with Crippen LogP contribution in [0.5, 0.6) is 0 Å². The molecule has 0 unspecified atom stereocenters. The first-order valence-electron chi connectivity index (χ1n) is 29.2. The van der Waals surface area contributed by atoms with Gasteiger partial charge in [-0.1, -0.05) is 151 Å². The van der Waals surface area contributed by atoms with Gasteiger partial charge in [-0.2, -0.15) is 0 Å². The molecule has 0 aliphatic heterocycles. The summed E-state index contributed by atoms with van der Waals surface area (Å²) in [6.07, 6.45) is 0. The minimum atomic E-state index is -1.08. The monoisotopic (exact) mass is 680 g/mol. The van der Waals surface area contributed by atoms with Crippen LogP contribution in [0.15, 0.2) is 180 Å². The SMILES string of the molecule is [2H]c1c([2H])c([2H])c(-c2nc(-c3c([2H])c([2H])c(-c4c([2H])c([2H])c5c([2H])c([2H])c([2H])c([2H])c5c4[2H])c([2H])c3[2H])nc(-c3c([2H])c4c(oc5c([2H])c([2H])c([2H])c([2H])c54)c4c([2H])c(-c5c([2H])c([2H])c([2H])c([2H])c5[2H])c([2H])c([2H])c34)n2)c([2H])c1[2H]. The minimum Gasteiger partial charge on any atom is -0.455 e. The Morgan fingerprint density at radius 1 is 0.353 bits per heavy atom. The number of para-hydroxylation sites is 1. The molecule has 0 aliphatic carbocycles. The predicted octanol–water partition coefficient (Wildman–Crippen LogP) is 12.4. The summed E-state index contributed by atoms with van der Waals surface area (Å²) in [4.78, 5) is 13.2. The molecular weight excluding hydrogens is 623 g/mol. The van der Waals surface area contributed by atoms with Crippen LogP contribution in [0.2, 0.25) is 0 Å². The molecule has 10 rings (SSSR count). The zero-order chi connectivity index (χ0) is 59.0. The third kappa shape index (κ3) is 5.13.